The molecule has 1 aliphatic rings. The molecule has 3 N–H and O–H groups in total. The first kappa shape index (κ1) is 33.8. The molecule has 0 aromatic heterocycles. The van der Waals surface area contributed by atoms with E-state index in [2.05, 4.69) is 37.1 Å². The van der Waals surface area contributed by atoms with Crippen molar-refractivity contribution >= 4 is 63.0 Å². The summed E-state index contributed by atoms with van der Waals surface area (Å²) in [5, 5.41) is 11.1. The topological polar surface area (TPSA) is 120 Å². The summed E-state index contributed by atoms with van der Waals surface area (Å²) in [6.45, 7) is 6.00. The molecule has 0 unspecified atom stereocenters. The number of nitrogens with one attached hydrogen (secondary N) is 3. The molecule has 10 nitrogen and oxygen atoms in total. The second kappa shape index (κ2) is 16.3. The van der Waals surface area contributed by atoms with Crippen LogP contribution in [0.3, 0.4) is 0 Å². The summed E-state index contributed by atoms with van der Waals surface area (Å²) in [6, 6.07) is 17.4. The molecular weight excluding hydrogens is 684 g/mol. The van der Waals surface area contributed by atoms with Gasteiger partial charge in [-0.25, -0.2) is 10.2 Å². The molecule has 1 aliphatic heterocycles. The van der Waals surface area contributed by atoms with Gasteiger partial charge >= 0.3 is 5.97 Å². The van der Waals surface area contributed by atoms with Crippen LogP contribution >= 0.6 is 39.7 Å². The predicted molar refractivity (Wildman–Crippen MR) is 180 cm³/mol. The van der Waals surface area contributed by atoms with Gasteiger partial charge < -0.3 is 29.6 Å². The van der Waals surface area contributed by atoms with Crippen LogP contribution in [-0.4, -0.2) is 43.0 Å². The van der Waals surface area contributed by atoms with Gasteiger partial charge in [-0.2, -0.15) is 5.10 Å². The van der Waals surface area contributed by atoms with Gasteiger partial charge in [-0.15, -0.1) is 0 Å². The first-order valence-electron chi connectivity index (χ1n) is 14.0. The number of thiocarbonyl (C=S) groups is 1. The van der Waals surface area contributed by atoms with Crippen molar-refractivity contribution in [3.05, 3.63) is 98.1 Å². The van der Waals surface area contributed by atoms with Crippen LogP contribution in [0.1, 0.15) is 43.5 Å². The monoisotopic (exact) mass is 714 g/mol. The lowest BCUT2D eigenvalue weighted by atomic mass is 9.95. The summed E-state index contributed by atoms with van der Waals surface area (Å²) in [5.41, 5.74) is 5.65. The molecule has 236 valence electrons. The number of nitrogens with zero attached hydrogens (tertiary/aromatic N) is 1. The van der Waals surface area contributed by atoms with E-state index in [1.54, 1.807) is 62.4 Å². The highest BCUT2D eigenvalue weighted by Crippen LogP contribution is 2.37. The molecule has 1 amide bonds. The Morgan fingerprint density at radius 2 is 1.80 bits per heavy atom. The van der Waals surface area contributed by atoms with E-state index in [4.69, 9.17) is 42.8 Å². The van der Waals surface area contributed by atoms with Crippen molar-refractivity contribution in [2.24, 2.45) is 5.10 Å². The molecule has 1 heterocycles. The number of benzene rings is 3. The van der Waals surface area contributed by atoms with Crippen molar-refractivity contribution in [2.75, 3.05) is 19.8 Å². The van der Waals surface area contributed by atoms with Gasteiger partial charge in [0.2, 0.25) is 0 Å². The van der Waals surface area contributed by atoms with Crippen molar-refractivity contribution in [3.8, 4) is 17.2 Å². The molecule has 0 bridgehead atoms. The summed E-state index contributed by atoms with van der Waals surface area (Å²) in [5.74, 6) is 0.489. The number of halogens is 2. The minimum atomic E-state index is -0.633. The lowest BCUT2D eigenvalue weighted by Gasteiger charge is -2.30. The molecule has 0 saturated carbocycles. The third kappa shape index (κ3) is 9.19. The third-order valence-electron chi connectivity index (χ3n) is 6.38. The fourth-order valence-electron chi connectivity index (χ4n) is 4.41. The standard InChI is InChI=1S/C32H32BrClN4O6S/c1-4-41-26-15-21(14-24(33)30(26)44-17-20-10-12-22(34)13-11-20)16-35-38-27(39)18-43-25-9-7-6-8-23(25)29-28(31(40)42-5-2)19(3)36-32(45)37-29/h6-16,29H,4-5,17-18H2,1-3H3,(H,38,39)(H2,36,37,45)/t29-/m0/s1. The molecule has 1 atom stereocenters. The second-order valence-electron chi connectivity index (χ2n) is 9.59. The Morgan fingerprint density at radius 3 is 2.53 bits per heavy atom. The predicted octanol–water partition coefficient (Wildman–Crippen LogP) is 5.97. The molecule has 13 heteroatoms. The maximum absolute atomic E-state index is 12.8. The highest BCUT2D eigenvalue weighted by molar-refractivity contribution is 9.10. The molecule has 0 fully saturated rings. The van der Waals surface area contributed by atoms with Crippen molar-refractivity contribution in [2.45, 2.75) is 33.4 Å². The smallest absolute Gasteiger partial charge is 0.338 e. The van der Waals surface area contributed by atoms with Gasteiger partial charge in [0.25, 0.3) is 5.91 Å². The maximum atomic E-state index is 12.8. The average molecular weight is 716 g/mol. The molecule has 45 heavy (non-hydrogen) atoms. The van der Waals surface area contributed by atoms with Gasteiger partial charge in [-0.1, -0.05) is 41.9 Å². The highest BCUT2D eigenvalue weighted by Gasteiger charge is 2.32. The number of hydrogen-bond acceptors (Lipinski definition) is 8. The minimum Gasteiger partial charge on any atom is -0.490 e. The Labute approximate surface area is 280 Å². The number of rotatable bonds is 13. The van der Waals surface area contributed by atoms with Gasteiger partial charge in [0.15, 0.2) is 23.2 Å². The van der Waals surface area contributed by atoms with Crippen LogP contribution in [0.5, 0.6) is 17.2 Å². The number of ether oxygens (including phenoxy) is 4. The molecule has 4 rings (SSSR count). The molecule has 0 saturated heterocycles. The van der Waals surface area contributed by atoms with Gasteiger partial charge in [0, 0.05) is 16.3 Å². The lowest BCUT2D eigenvalue weighted by Crippen LogP contribution is -2.45. The van der Waals surface area contributed by atoms with Crippen LogP contribution in [0.2, 0.25) is 5.02 Å². The number of allylic oxidation sites excluding steroid dienone is 1. The van der Waals surface area contributed by atoms with Gasteiger partial charge in [-0.3, -0.25) is 4.79 Å². The number of carbonyl (C=O) groups is 2. The Kier molecular flexibility index (Phi) is 12.2. The first-order valence-corrected chi connectivity index (χ1v) is 15.6. The normalized spacial score (nSPS) is 14.4. The van der Waals surface area contributed by atoms with E-state index in [1.807, 2.05) is 19.1 Å². The second-order valence-corrected chi connectivity index (χ2v) is 11.3. The molecule has 0 spiro atoms. The zero-order valence-electron chi connectivity index (χ0n) is 24.8. The van der Waals surface area contributed by atoms with Crippen LogP contribution in [0.15, 0.2) is 81.5 Å². The largest absolute Gasteiger partial charge is 0.490 e. The Bertz CT molecular complexity index is 1620. The number of esters is 1. The van der Waals surface area contributed by atoms with Crippen molar-refractivity contribution in [1.29, 1.82) is 0 Å². The Morgan fingerprint density at radius 1 is 1.04 bits per heavy atom. The van der Waals surface area contributed by atoms with Crippen molar-refractivity contribution in [1.82, 2.24) is 16.1 Å². The number of amides is 1. The van der Waals surface area contributed by atoms with Crippen molar-refractivity contribution < 1.29 is 28.5 Å². The molecule has 0 aliphatic carbocycles. The summed E-state index contributed by atoms with van der Waals surface area (Å²) < 4.78 is 23.6. The number of carbonyl (C=O) groups excluding carboxylic acids is 2. The lowest BCUT2D eigenvalue weighted by molar-refractivity contribution is -0.139. The molecular formula is C32H32BrClN4O6S. The minimum absolute atomic E-state index is 0.220. The quantitative estimate of drug-likeness (QED) is 0.0852. The Balaban J connectivity index is 1.41. The molecule has 3 aromatic rings. The highest BCUT2D eigenvalue weighted by atomic mass is 79.9. The van der Waals surface area contributed by atoms with E-state index < -0.39 is 17.9 Å². The van der Waals surface area contributed by atoms with Crippen molar-refractivity contribution in [3.63, 3.8) is 0 Å². The van der Waals surface area contributed by atoms with E-state index in [-0.39, 0.29) is 13.2 Å². The zero-order valence-corrected chi connectivity index (χ0v) is 28.0. The van der Waals surface area contributed by atoms with E-state index >= 15 is 0 Å². The summed E-state index contributed by atoms with van der Waals surface area (Å²) in [6.07, 6.45) is 1.49. The first-order chi connectivity index (χ1) is 21.7. The summed E-state index contributed by atoms with van der Waals surface area (Å²) in [4.78, 5) is 25.4. The van der Waals surface area contributed by atoms with Crippen LogP contribution in [0.4, 0.5) is 0 Å². The van der Waals surface area contributed by atoms with Crippen LogP contribution in [-0.2, 0) is 20.9 Å². The average Bonchev–Trinajstić information content (AvgIpc) is 3.00. The maximum Gasteiger partial charge on any atom is 0.338 e. The fraction of sp³-hybridized carbons (Fsp3) is 0.250. The SMILES string of the molecule is CCOC(=O)C1=C(C)NC(=S)N[C@H]1c1ccccc1OCC(=O)NN=Cc1cc(Br)c(OCc2ccc(Cl)cc2)c(OCC)c1. The van der Waals surface area contributed by atoms with E-state index in [0.717, 1.165) is 5.56 Å². The summed E-state index contributed by atoms with van der Waals surface area (Å²) >= 11 is 14.8. The van der Waals surface area contributed by atoms with Gasteiger partial charge in [0.1, 0.15) is 12.4 Å². The van der Waals surface area contributed by atoms with E-state index in [0.29, 0.717) is 67.5 Å². The third-order valence-corrected chi connectivity index (χ3v) is 7.45. The van der Waals surface area contributed by atoms with E-state index in [1.165, 1.54) is 6.21 Å². The van der Waals surface area contributed by atoms with Gasteiger partial charge in [0.05, 0.1) is 35.5 Å². The summed E-state index contributed by atoms with van der Waals surface area (Å²) in [7, 11) is 0. The molecule has 0 radical (unpaired) electrons. The van der Waals surface area contributed by atoms with Crippen LogP contribution < -0.4 is 30.3 Å². The Hall–Kier alpha value is -4.13. The molecule has 3 aromatic carbocycles. The number of hydrogen-bond donors (Lipinski definition) is 3. The van der Waals surface area contributed by atoms with E-state index in [9.17, 15) is 9.59 Å². The van der Waals surface area contributed by atoms with Crippen LogP contribution in [0, 0.1) is 0 Å². The number of para-hydroxylation sites is 1. The zero-order chi connectivity index (χ0) is 32.3. The number of hydrazone groups is 1. The fourth-order valence-corrected chi connectivity index (χ4v) is 5.38. The van der Waals surface area contributed by atoms with Crippen LogP contribution in [0.25, 0.3) is 0 Å². The van der Waals surface area contributed by atoms with Gasteiger partial charge in [-0.05, 0) is 90.4 Å².